The highest BCUT2D eigenvalue weighted by atomic mass is 35.5. The summed E-state index contributed by atoms with van der Waals surface area (Å²) < 4.78 is 3.28. The molecule has 0 aliphatic rings. The van der Waals surface area contributed by atoms with E-state index < -0.39 is 0 Å². The Morgan fingerprint density at radius 3 is 2.52 bits per heavy atom. The van der Waals surface area contributed by atoms with Crippen molar-refractivity contribution in [3.8, 4) is 11.1 Å². The van der Waals surface area contributed by atoms with Gasteiger partial charge in [0.15, 0.2) is 11.2 Å². The molecule has 0 unspecified atom stereocenters. The SMILES string of the molecule is Cc1nn2c(nnc3c(=O)n(Cc4ccccc4Cl)ccc32)c1-c1ccccc1. The molecular weight excluding hydrogens is 386 g/mol. The standard InChI is InChI=1S/C22H16ClN5O/c1-14-19(15-7-3-2-4-8-15)21-25-24-20-18(28(21)26-14)11-12-27(22(20)29)13-16-9-5-6-10-17(16)23/h2-12H,13H2,1H3. The highest BCUT2D eigenvalue weighted by molar-refractivity contribution is 6.31. The number of aryl methyl sites for hydroxylation is 1. The molecule has 5 rings (SSSR count). The molecule has 0 aliphatic carbocycles. The largest absolute Gasteiger partial charge is 0.309 e. The summed E-state index contributed by atoms with van der Waals surface area (Å²) >= 11 is 6.24. The molecule has 142 valence electrons. The predicted molar refractivity (Wildman–Crippen MR) is 113 cm³/mol. The van der Waals surface area contributed by atoms with Crippen LogP contribution in [0.5, 0.6) is 0 Å². The van der Waals surface area contributed by atoms with Crippen LogP contribution in [0.4, 0.5) is 0 Å². The first-order valence-electron chi connectivity index (χ1n) is 9.17. The van der Waals surface area contributed by atoms with Crippen molar-refractivity contribution in [3.63, 3.8) is 0 Å². The molecule has 29 heavy (non-hydrogen) atoms. The highest BCUT2D eigenvalue weighted by Gasteiger charge is 2.17. The summed E-state index contributed by atoms with van der Waals surface area (Å²) in [7, 11) is 0. The normalized spacial score (nSPS) is 11.4. The van der Waals surface area contributed by atoms with Gasteiger partial charge >= 0.3 is 0 Å². The lowest BCUT2D eigenvalue weighted by molar-refractivity contribution is 0.760. The fourth-order valence-corrected chi connectivity index (χ4v) is 3.76. The third kappa shape index (κ3) is 2.89. The summed E-state index contributed by atoms with van der Waals surface area (Å²) in [5.41, 5.74) is 4.93. The van der Waals surface area contributed by atoms with Gasteiger partial charge in [-0.3, -0.25) is 4.79 Å². The van der Waals surface area contributed by atoms with Crippen LogP contribution in [-0.2, 0) is 6.54 Å². The molecule has 0 bridgehead atoms. The van der Waals surface area contributed by atoms with Crippen LogP contribution in [-0.4, -0.2) is 24.4 Å². The lowest BCUT2D eigenvalue weighted by Gasteiger charge is -2.09. The topological polar surface area (TPSA) is 65.1 Å². The maximum Gasteiger partial charge on any atom is 0.280 e. The molecule has 0 spiro atoms. The summed E-state index contributed by atoms with van der Waals surface area (Å²) in [4.78, 5) is 13.0. The fourth-order valence-electron chi connectivity index (χ4n) is 3.57. The van der Waals surface area contributed by atoms with Crippen LogP contribution >= 0.6 is 11.6 Å². The van der Waals surface area contributed by atoms with Crippen molar-refractivity contribution in [1.29, 1.82) is 0 Å². The number of aromatic nitrogens is 5. The third-order valence-corrected chi connectivity index (χ3v) is 5.36. The maximum absolute atomic E-state index is 13.0. The lowest BCUT2D eigenvalue weighted by atomic mass is 10.1. The zero-order valence-electron chi connectivity index (χ0n) is 15.6. The first kappa shape index (κ1) is 17.6. The first-order chi connectivity index (χ1) is 14.1. The Labute approximate surface area is 171 Å². The van der Waals surface area contributed by atoms with Crippen LogP contribution in [0.1, 0.15) is 11.3 Å². The molecule has 2 aromatic carbocycles. The minimum absolute atomic E-state index is 0.230. The number of pyridine rings is 1. The van der Waals surface area contributed by atoms with E-state index in [1.54, 1.807) is 15.3 Å². The molecule has 0 saturated heterocycles. The van der Waals surface area contributed by atoms with Crippen molar-refractivity contribution in [2.24, 2.45) is 0 Å². The summed E-state index contributed by atoms with van der Waals surface area (Å²) in [5, 5.41) is 13.9. The van der Waals surface area contributed by atoms with Crippen LogP contribution in [0.3, 0.4) is 0 Å². The zero-order chi connectivity index (χ0) is 20.0. The second kappa shape index (κ2) is 6.83. The Bertz CT molecular complexity index is 1420. The quantitative estimate of drug-likeness (QED) is 0.456. The van der Waals surface area contributed by atoms with E-state index in [9.17, 15) is 4.79 Å². The first-order valence-corrected chi connectivity index (χ1v) is 9.55. The molecular formula is C22H16ClN5O. The molecule has 7 heteroatoms. The summed E-state index contributed by atoms with van der Waals surface area (Å²) in [6.07, 6.45) is 1.74. The van der Waals surface area contributed by atoms with Gasteiger partial charge in [-0.2, -0.15) is 5.10 Å². The molecule has 0 aliphatic heterocycles. The molecule has 5 aromatic rings. The number of hydrogen-bond acceptors (Lipinski definition) is 4. The summed E-state index contributed by atoms with van der Waals surface area (Å²) in [6, 6.07) is 19.2. The van der Waals surface area contributed by atoms with E-state index in [1.165, 1.54) is 0 Å². The monoisotopic (exact) mass is 401 g/mol. The van der Waals surface area contributed by atoms with Gasteiger partial charge in [-0.1, -0.05) is 60.1 Å². The van der Waals surface area contributed by atoms with Gasteiger partial charge in [-0.25, -0.2) is 4.52 Å². The van der Waals surface area contributed by atoms with E-state index >= 15 is 0 Å². The van der Waals surface area contributed by atoms with E-state index in [0.717, 1.165) is 22.4 Å². The molecule has 6 nitrogen and oxygen atoms in total. The van der Waals surface area contributed by atoms with E-state index in [2.05, 4.69) is 15.3 Å². The average Bonchev–Trinajstić information content (AvgIpc) is 3.08. The van der Waals surface area contributed by atoms with Gasteiger partial charge in [0.2, 0.25) is 0 Å². The molecule has 3 aromatic heterocycles. The Morgan fingerprint density at radius 1 is 0.966 bits per heavy atom. The van der Waals surface area contributed by atoms with Crippen molar-refractivity contribution < 1.29 is 0 Å². The second-order valence-corrected chi connectivity index (χ2v) is 7.24. The minimum Gasteiger partial charge on any atom is -0.309 e. The van der Waals surface area contributed by atoms with Crippen LogP contribution in [0.2, 0.25) is 5.02 Å². The van der Waals surface area contributed by atoms with Crippen LogP contribution in [0.15, 0.2) is 71.7 Å². The number of fused-ring (bicyclic) bond motifs is 3. The van der Waals surface area contributed by atoms with Gasteiger partial charge in [0.05, 0.1) is 17.8 Å². The van der Waals surface area contributed by atoms with Crippen LogP contribution < -0.4 is 5.56 Å². The van der Waals surface area contributed by atoms with Crippen molar-refractivity contribution in [1.82, 2.24) is 24.4 Å². The molecule has 0 fully saturated rings. The van der Waals surface area contributed by atoms with E-state index in [1.807, 2.05) is 67.6 Å². The van der Waals surface area contributed by atoms with Crippen molar-refractivity contribution in [2.45, 2.75) is 13.5 Å². The lowest BCUT2D eigenvalue weighted by Crippen LogP contribution is -2.22. The van der Waals surface area contributed by atoms with Gasteiger partial charge < -0.3 is 4.57 Å². The summed E-state index contributed by atoms with van der Waals surface area (Å²) in [5.74, 6) is 0. The summed E-state index contributed by atoms with van der Waals surface area (Å²) in [6.45, 7) is 2.29. The van der Waals surface area contributed by atoms with Gasteiger partial charge in [0.25, 0.3) is 5.56 Å². The Morgan fingerprint density at radius 2 is 1.72 bits per heavy atom. The maximum atomic E-state index is 13.0. The number of hydrogen-bond donors (Lipinski definition) is 0. The molecule has 0 atom stereocenters. The number of halogens is 1. The number of benzene rings is 2. The Hall–Kier alpha value is -3.51. The molecule has 0 saturated carbocycles. The third-order valence-electron chi connectivity index (χ3n) is 4.99. The van der Waals surface area contributed by atoms with Crippen molar-refractivity contribution in [2.75, 3.05) is 0 Å². The van der Waals surface area contributed by atoms with Crippen LogP contribution in [0.25, 0.3) is 27.8 Å². The van der Waals surface area contributed by atoms with Crippen molar-refractivity contribution in [3.05, 3.63) is 93.5 Å². The molecule has 0 N–H and O–H groups in total. The van der Waals surface area contributed by atoms with E-state index in [-0.39, 0.29) is 11.1 Å². The predicted octanol–water partition coefficient (Wildman–Crippen LogP) is 4.12. The second-order valence-electron chi connectivity index (χ2n) is 6.84. The fraction of sp³-hybridized carbons (Fsp3) is 0.0909. The molecule has 3 heterocycles. The Balaban J connectivity index is 1.69. The number of nitrogens with zero attached hydrogens (tertiary/aromatic N) is 5. The van der Waals surface area contributed by atoms with Gasteiger partial charge in [-0.15, -0.1) is 10.2 Å². The molecule has 0 radical (unpaired) electrons. The average molecular weight is 402 g/mol. The van der Waals surface area contributed by atoms with E-state index in [0.29, 0.717) is 22.7 Å². The zero-order valence-corrected chi connectivity index (χ0v) is 16.3. The van der Waals surface area contributed by atoms with Crippen LogP contribution in [0, 0.1) is 6.92 Å². The smallest absolute Gasteiger partial charge is 0.280 e. The van der Waals surface area contributed by atoms with E-state index in [4.69, 9.17) is 11.6 Å². The molecule has 0 amide bonds. The minimum atomic E-state index is -0.230. The van der Waals surface area contributed by atoms with Gasteiger partial charge in [0, 0.05) is 11.2 Å². The van der Waals surface area contributed by atoms with Gasteiger partial charge in [0.1, 0.15) is 5.52 Å². The number of rotatable bonds is 3. The highest BCUT2D eigenvalue weighted by Crippen LogP contribution is 2.27. The van der Waals surface area contributed by atoms with Gasteiger partial charge in [-0.05, 0) is 30.2 Å². The Kier molecular flexibility index (Phi) is 4.14. The van der Waals surface area contributed by atoms with Crippen molar-refractivity contribution >= 4 is 28.3 Å².